The Bertz CT molecular complexity index is 78.0. The average Bonchev–Trinajstić information content (AvgIpc) is 1.67. The van der Waals surface area contributed by atoms with Crippen molar-refractivity contribution in [2.75, 3.05) is 0 Å². The molecule has 0 aromatic carbocycles. The second kappa shape index (κ2) is 3.71. The third-order valence-corrected chi connectivity index (χ3v) is 1.30. The average molecular weight is 111 g/mol. The lowest BCUT2D eigenvalue weighted by Crippen LogP contribution is -1.87. The Hall–Kier alpha value is -0.260. The summed E-state index contributed by atoms with van der Waals surface area (Å²) in [6.07, 6.45) is 3.35. The molecular formula is C8H15. The molecule has 0 aromatic heterocycles. The molecule has 0 spiro atoms. The maximum atomic E-state index is 3.89. The molecule has 0 fully saturated rings. The topological polar surface area (TPSA) is 0 Å². The fraction of sp³-hybridized carbons (Fsp3) is 0.625. The van der Waals surface area contributed by atoms with Crippen LogP contribution in [0.1, 0.15) is 27.2 Å². The first kappa shape index (κ1) is 7.74. The summed E-state index contributed by atoms with van der Waals surface area (Å²) < 4.78 is 0. The Labute approximate surface area is 52.6 Å². The second-order valence-corrected chi connectivity index (χ2v) is 2.26. The zero-order valence-corrected chi connectivity index (χ0v) is 6.07. The second-order valence-electron chi connectivity index (χ2n) is 2.26. The van der Waals surface area contributed by atoms with Gasteiger partial charge in [-0.25, -0.2) is 0 Å². The molecule has 0 heteroatoms. The van der Waals surface area contributed by atoms with Crippen LogP contribution in [-0.4, -0.2) is 0 Å². The Morgan fingerprint density at radius 2 is 2.25 bits per heavy atom. The van der Waals surface area contributed by atoms with Crippen molar-refractivity contribution >= 4 is 0 Å². The quantitative estimate of drug-likeness (QED) is 0.481. The summed E-state index contributed by atoms with van der Waals surface area (Å²) in [5.74, 6) is 0.481. The van der Waals surface area contributed by atoms with E-state index in [1.165, 1.54) is 5.57 Å². The minimum Gasteiger partial charge on any atom is -0.0856 e. The maximum absolute atomic E-state index is 3.89. The van der Waals surface area contributed by atoms with Crippen molar-refractivity contribution in [2.24, 2.45) is 5.92 Å². The van der Waals surface area contributed by atoms with E-state index in [-0.39, 0.29) is 0 Å². The third-order valence-electron chi connectivity index (χ3n) is 1.30. The van der Waals surface area contributed by atoms with E-state index < -0.39 is 0 Å². The maximum Gasteiger partial charge on any atom is -0.0234 e. The van der Waals surface area contributed by atoms with E-state index >= 15 is 0 Å². The normalized spacial score (nSPS) is 12.9. The Morgan fingerprint density at radius 1 is 1.75 bits per heavy atom. The highest BCUT2D eigenvalue weighted by Crippen LogP contribution is 2.07. The molecule has 0 aliphatic rings. The molecule has 8 heavy (non-hydrogen) atoms. The van der Waals surface area contributed by atoms with Crippen molar-refractivity contribution in [3.05, 3.63) is 18.6 Å². The van der Waals surface area contributed by atoms with E-state index in [1.807, 2.05) is 0 Å². The van der Waals surface area contributed by atoms with Crippen molar-refractivity contribution in [2.45, 2.75) is 27.2 Å². The molecule has 0 rings (SSSR count). The molecule has 0 aromatic rings. The summed E-state index contributed by atoms with van der Waals surface area (Å²) in [6, 6.07) is 0. The van der Waals surface area contributed by atoms with Crippen LogP contribution in [0.2, 0.25) is 0 Å². The highest BCUT2D eigenvalue weighted by molar-refractivity contribution is 5.02. The van der Waals surface area contributed by atoms with Gasteiger partial charge < -0.3 is 0 Å². The number of allylic oxidation sites excluding steroid dienone is 2. The van der Waals surface area contributed by atoms with Gasteiger partial charge in [0.1, 0.15) is 0 Å². The van der Waals surface area contributed by atoms with Crippen molar-refractivity contribution in [3.8, 4) is 0 Å². The van der Waals surface area contributed by atoms with Crippen LogP contribution in [0.25, 0.3) is 0 Å². The molecular weight excluding hydrogens is 96.1 g/mol. The van der Waals surface area contributed by atoms with Gasteiger partial charge in [0.2, 0.25) is 0 Å². The number of rotatable bonds is 2. The van der Waals surface area contributed by atoms with Gasteiger partial charge in [0, 0.05) is 0 Å². The zero-order valence-electron chi connectivity index (χ0n) is 6.07. The van der Waals surface area contributed by atoms with Crippen LogP contribution in [0.15, 0.2) is 11.6 Å². The van der Waals surface area contributed by atoms with Crippen LogP contribution in [0.5, 0.6) is 0 Å². The van der Waals surface area contributed by atoms with E-state index in [9.17, 15) is 0 Å². The van der Waals surface area contributed by atoms with Crippen LogP contribution < -0.4 is 0 Å². The predicted molar refractivity (Wildman–Crippen MR) is 38.6 cm³/mol. The van der Waals surface area contributed by atoms with Gasteiger partial charge in [0.25, 0.3) is 0 Å². The summed E-state index contributed by atoms with van der Waals surface area (Å²) in [5, 5.41) is 0. The van der Waals surface area contributed by atoms with Crippen molar-refractivity contribution in [1.82, 2.24) is 0 Å². The Morgan fingerprint density at radius 3 is 2.38 bits per heavy atom. The number of hydrogen-bond acceptors (Lipinski definition) is 0. The Kier molecular flexibility index (Phi) is 3.59. The first-order valence-electron chi connectivity index (χ1n) is 3.18. The molecule has 0 heterocycles. The van der Waals surface area contributed by atoms with Crippen molar-refractivity contribution < 1.29 is 0 Å². The molecule has 1 radical (unpaired) electrons. The molecule has 0 aliphatic carbocycles. The molecule has 1 unspecified atom stereocenters. The summed E-state index contributed by atoms with van der Waals surface area (Å²) in [7, 11) is 0. The van der Waals surface area contributed by atoms with Gasteiger partial charge in [-0.1, -0.05) is 25.5 Å². The smallest absolute Gasteiger partial charge is 0.0234 e. The molecule has 0 bridgehead atoms. The van der Waals surface area contributed by atoms with E-state index in [2.05, 4.69) is 33.8 Å². The van der Waals surface area contributed by atoms with Gasteiger partial charge in [-0.2, -0.15) is 0 Å². The highest BCUT2D eigenvalue weighted by atomic mass is 14.0. The minimum atomic E-state index is 0.481. The van der Waals surface area contributed by atoms with Crippen LogP contribution in [0.4, 0.5) is 0 Å². The fourth-order valence-corrected chi connectivity index (χ4v) is 0.523. The van der Waals surface area contributed by atoms with Crippen LogP contribution in [0.3, 0.4) is 0 Å². The van der Waals surface area contributed by atoms with Crippen molar-refractivity contribution in [3.63, 3.8) is 0 Å². The largest absolute Gasteiger partial charge is 0.0856 e. The number of hydrogen-bond donors (Lipinski definition) is 0. The van der Waals surface area contributed by atoms with Crippen LogP contribution in [-0.2, 0) is 0 Å². The summed E-state index contributed by atoms with van der Waals surface area (Å²) in [6.45, 7) is 10.3. The molecule has 47 valence electrons. The predicted octanol–water partition coefficient (Wildman–Crippen LogP) is 2.81. The van der Waals surface area contributed by atoms with Gasteiger partial charge in [-0.15, -0.1) is 0 Å². The molecule has 0 saturated heterocycles. The van der Waals surface area contributed by atoms with Crippen molar-refractivity contribution in [1.29, 1.82) is 0 Å². The van der Waals surface area contributed by atoms with E-state index in [0.29, 0.717) is 5.92 Å². The van der Waals surface area contributed by atoms with Gasteiger partial charge in [0.05, 0.1) is 0 Å². The summed E-state index contributed by atoms with van der Waals surface area (Å²) in [5.41, 5.74) is 1.40. The fourth-order valence-electron chi connectivity index (χ4n) is 0.523. The summed E-state index contributed by atoms with van der Waals surface area (Å²) >= 11 is 0. The highest BCUT2D eigenvalue weighted by Gasteiger charge is 1.92. The SMILES string of the molecule is [CH2]C(C)/C(C)=C/CC. The lowest BCUT2D eigenvalue weighted by molar-refractivity contribution is 0.848. The minimum absolute atomic E-state index is 0.481. The molecule has 0 N–H and O–H groups in total. The first-order chi connectivity index (χ1) is 3.68. The van der Waals surface area contributed by atoms with Gasteiger partial charge >= 0.3 is 0 Å². The molecule has 0 nitrogen and oxygen atoms in total. The lowest BCUT2D eigenvalue weighted by Gasteiger charge is -2.01. The summed E-state index contributed by atoms with van der Waals surface area (Å²) in [4.78, 5) is 0. The molecule has 0 amide bonds. The van der Waals surface area contributed by atoms with E-state index in [1.54, 1.807) is 0 Å². The van der Waals surface area contributed by atoms with Gasteiger partial charge in [-0.3, -0.25) is 0 Å². The van der Waals surface area contributed by atoms with Crippen LogP contribution in [0, 0.1) is 12.8 Å². The third kappa shape index (κ3) is 2.84. The van der Waals surface area contributed by atoms with Gasteiger partial charge in [-0.05, 0) is 26.2 Å². The standard InChI is InChI=1S/C8H15/c1-5-6-8(4)7(2)3/h6-7H,2,5H2,1,3-4H3/b8-6+. The zero-order chi connectivity index (χ0) is 6.57. The van der Waals surface area contributed by atoms with Gasteiger partial charge in [0.15, 0.2) is 0 Å². The monoisotopic (exact) mass is 111 g/mol. The van der Waals surface area contributed by atoms with Crippen LogP contribution >= 0.6 is 0 Å². The lowest BCUT2D eigenvalue weighted by atomic mass is 10.0. The van der Waals surface area contributed by atoms with E-state index in [4.69, 9.17) is 0 Å². The molecule has 1 atom stereocenters. The molecule has 0 aliphatic heterocycles. The van der Waals surface area contributed by atoms with E-state index in [0.717, 1.165) is 6.42 Å². The molecule has 0 saturated carbocycles. The Balaban J connectivity index is 3.61. The first-order valence-corrected chi connectivity index (χ1v) is 3.18.